The zero-order valence-electron chi connectivity index (χ0n) is 11.8. The molecule has 0 saturated carbocycles. The van der Waals surface area contributed by atoms with E-state index in [0.717, 1.165) is 5.69 Å². The molecule has 6 nitrogen and oxygen atoms in total. The zero-order chi connectivity index (χ0) is 15.9. The van der Waals surface area contributed by atoms with Crippen molar-refractivity contribution in [3.05, 3.63) is 46.3 Å². The first kappa shape index (κ1) is 16.3. The average molecular weight is 341 g/mol. The molecule has 0 bridgehead atoms. The summed E-state index contributed by atoms with van der Waals surface area (Å²) in [5.41, 5.74) is 0.720. The van der Waals surface area contributed by atoms with Gasteiger partial charge >= 0.3 is 0 Å². The standard InChI is InChI=1S/C14H14Cl2N4O2/c1-17-14(21)7-20-13-4-12(11(16)6-19-13)22-8-10-3-2-9(15)5-18-10/h2-6H,7-8H2,1H3,(H,17,21)(H,19,20). The molecule has 0 aliphatic carbocycles. The Morgan fingerprint density at radius 2 is 2.09 bits per heavy atom. The molecule has 1 amide bonds. The van der Waals surface area contributed by atoms with E-state index in [-0.39, 0.29) is 19.1 Å². The van der Waals surface area contributed by atoms with Gasteiger partial charge in [0, 0.05) is 19.3 Å². The van der Waals surface area contributed by atoms with Gasteiger partial charge in [-0.05, 0) is 12.1 Å². The molecular weight excluding hydrogens is 327 g/mol. The smallest absolute Gasteiger partial charge is 0.239 e. The summed E-state index contributed by atoms with van der Waals surface area (Å²) < 4.78 is 5.62. The van der Waals surface area contributed by atoms with Crippen molar-refractivity contribution in [1.82, 2.24) is 15.3 Å². The summed E-state index contributed by atoms with van der Waals surface area (Å²) in [6, 6.07) is 5.13. The van der Waals surface area contributed by atoms with Gasteiger partial charge in [0.05, 0.1) is 23.5 Å². The first-order chi connectivity index (χ1) is 10.6. The van der Waals surface area contributed by atoms with Crippen LogP contribution in [0.1, 0.15) is 5.69 Å². The molecule has 116 valence electrons. The van der Waals surface area contributed by atoms with Gasteiger partial charge in [-0.1, -0.05) is 23.2 Å². The van der Waals surface area contributed by atoms with E-state index in [4.69, 9.17) is 27.9 Å². The Labute approximate surface area is 137 Å². The quantitative estimate of drug-likeness (QED) is 0.844. The van der Waals surface area contributed by atoms with Crippen LogP contribution in [-0.2, 0) is 11.4 Å². The summed E-state index contributed by atoms with van der Waals surface area (Å²) in [5, 5.41) is 6.32. The van der Waals surface area contributed by atoms with Crippen LogP contribution in [0.4, 0.5) is 5.82 Å². The summed E-state index contributed by atoms with van der Waals surface area (Å²) in [4.78, 5) is 19.4. The molecule has 22 heavy (non-hydrogen) atoms. The number of pyridine rings is 2. The Hall–Kier alpha value is -2.05. The lowest BCUT2D eigenvalue weighted by Crippen LogP contribution is -2.26. The number of hydrogen-bond donors (Lipinski definition) is 2. The van der Waals surface area contributed by atoms with Crippen LogP contribution >= 0.6 is 23.2 Å². The lowest BCUT2D eigenvalue weighted by molar-refractivity contribution is -0.118. The van der Waals surface area contributed by atoms with Gasteiger partial charge in [-0.25, -0.2) is 4.98 Å². The Kier molecular flexibility index (Phi) is 5.80. The van der Waals surface area contributed by atoms with Gasteiger partial charge in [0.2, 0.25) is 5.91 Å². The minimum Gasteiger partial charge on any atom is -0.486 e. The highest BCUT2D eigenvalue weighted by atomic mass is 35.5. The van der Waals surface area contributed by atoms with Crippen LogP contribution < -0.4 is 15.4 Å². The molecule has 2 aromatic heterocycles. The molecule has 2 aromatic rings. The second-order valence-electron chi connectivity index (χ2n) is 4.28. The lowest BCUT2D eigenvalue weighted by atomic mass is 10.3. The van der Waals surface area contributed by atoms with Crippen molar-refractivity contribution in [2.45, 2.75) is 6.61 Å². The first-order valence-corrected chi connectivity index (χ1v) is 7.17. The van der Waals surface area contributed by atoms with E-state index in [9.17, 15) is 4.79 Å². The SMILES string of the molecule is CNC(=O)CNc1cc(OCc2ccc(Cl)cn2)c(Cl)cn1. The topological polar surface area (TPSA) is 76.1 Å². The van der Waals surface area contributed by atoms with Crippen molar-refractivity contribution in [1.29, 1.82) is 0 Å². The molecule has 2 N–H and O–H groups in total. The fraction of sp³-hybridized carbons (Fsp3) is 0.214. The summed E-state index contributed by atoms with van der Waals surface area (Å²) >= 11 is 11.8. The second-order valence-corrected chi connectivity index (χ2v) is 5.13. The predicted molar refractivity (Wildman–Crippen MR) is 85.4 cm³/mol. The number of hydrogen-bond acceptors (Lipinski definition) is 5. The van der Waals surface area contributed by atoms with Crippen LogP contribution in [0.25, 0.3) is 0 Å². The number of rotatable bonds is 6. The Morgan fingerprint density at radius 3 is 2.77 bits per heavy atom. The summed E-state index contributed by atoms with van der Waals surface area (Å²) in [7, 11) is 1.56. The van der Waals surface area contributed by atoms with E-state index in [0.29, 0.717) is 21.6 Å². The highest BCUT2D eigenvalue weighted by molar-refractivity contribution is 6.32. The maximum atomic E-state index is 11.2. The molecule has 0 fully saturated rings. The van der Waals surface area contributed by atoms with Crippen LogP contribution in [0.3, 0.4) is 0 Å². The Bertz CT molecular complexity index is 650. The van der Waals surface area contributed by atoms with Gasteiger partial charge in [0.1, 0.15) is 23.2 Å². The van der Waals surface area contributed by atoms with Gasteiger partial charge < -0.3 is 15.4 Å². The molecular formula is C14H14Cl2N4O2. The molecule has 0 atom stereocenters. The molecule has 0 unspecified atom stereocenters. The van der Waals surface area contributed by atoms with Gasteiger partial charge in [-0.2, -0.15) is 0 Å². The molecule has 0 radical (unpaired) electrons. The fourth-order valence-corrected chi connectivity index (χ4v) is 1.80. The zero-order valence-corrected chi connectivity index (χ0v) is 13.3. The number of nitrogens with one attached hydrogen (secondary N) is 2. The Morgan fingerprint density at radius 1 is 1.27 bits per heavy atom. The third-order valence-electron chi connectivity index (χ3n) is 2.69. The predicted octanol–water partition coefficient (Wildman–Crippen LogP) is 2.52. The van der Waals surface area contributed by atoms with Crippen molar-refractivity contribution < 1.29 is 9.53 Å². The van der Waals surface area contributed by atoms with E-state index >= 15 is 0 Å². The number of amides is 1. The van der Waals surface area contributed by atoms with Crippen molar-refractivity contribution in [2.75, 3.05) is 18.9 Å². The minimum atomic E-state index is -0.149. The molecule has 0 aromatic carbocycles. The summed E-state index contributed by atoms with van der Waals surface area (Å²) in [5.74, 6) is 0.796. The largest absolute Gasteiger partial charge is 0.486 e. The normalized spacial score (nSPS) is 10.1. The number of halogens is 2. The second kappa shape index (κ2) is 7.82. The third-order valence-corrected chi connectivity index (χ3v) is 3.20. The minimum absolute atomic E-state index is 0.114. The Balaban J connectivity index is 2.00. The van der Waals surface area contributed by atoms with E-state index in [2.05, 4.69) is 20.6 Å². The molecule has 8 heteroatoms. The van der Waals surface area contributed by atoms with E-state index in [1.807, 2.05) is 0 Å². The molecule has 0 saturated heterocycles. The number of likely N-dealkylation sites (N-methyl/N-ethyl adjacent to an activating group) is 1. The van der Waals surface area contributed by atoms with Crippen LogP contribution in [0.5, 0.6) is 5.75 Å². The monoisotopic (exact) mass is 340 g/mol. The molecule has 2 rings (SSSR count). The number of carbonyl (C=O) groups excluding carboxylic acids is 1. The van der Waals surface area contributed by atoms with Crippen molar-refractivity contribution in [3.63, 3.8) is 0 Å². The van der Waals surface area contributed by atoms with Crippen LogP contribution in [-0.4, -0.2) is 29.5 Å². The fourth-order valence-electron chi connectivity index (χ4n) is 1.53. The molecule has 2 heterocycles. The van der Waals surface area contributed by atoms with Gasteiger partial charge in [0.15, 0.2) is 0 Å². The number of nitrogens with zero attached hydrogens (tertiary/aromatic N) is 2. The van der Waals surface area contributed by atoms with Gasteiger partial charge in [-0.3, -0.25) is 9.78 Å². The summed E-state index contributed by atoms with van der Waals surface area (Å²) in [6.07, 6.45) is 3.00. The highest BCUT2D eigenvalue weighted by Gasteiger charge is 2.07. The van der Waals surface area contributed by atoms with Crippen LogP contribution in [0, 0.1) is 0 Å². The number of aromatic nitrogens is 2. The number of carbonyl (C=O) groups is 1. The van der Waals surface area contributed by atoms with Crippen LogP contribution in [0.15, 0.2) is 30.6 Å². The number of anilines is 1. The lowest BCUT2D eigenvalue weighted by Gasteiger charge is -2.10. The van der Waals surface area contributed by atoms with Crippen molar-refractivity contribution in [2.24, 2.45) is 0 Å². The van der Waals surface area contributed by atoms with Crippen LogP contribution in [0.2, 0.25) is 10.0 Å². The highest BCUT2D eigenvalue weighted by Crippen LogP contribution is 2.26. The molecule has 0 aliphatic rings. The van der Waals surface area contributed by atoms with E-state index in [1.165, 1.54) is 6.20 Å². The maximum absolute atomic E-state index is 11.2. The van der Waals surface area contributed by atoms with Gasteiger partial charge in [-0.15, -0.1) is 0 Å². The van der Waals surface area contributed by atoms with E-state index < -0.39 is 0 Å². The maximum Gasteiger partial charge on any atom is 0.239 e. The molecule has 0 spiro atoms. The van der Waals surface area contributed by atoms with Crippen molar-refractivity contribution in [3.8, 4) is 5.75 Å². The molecule has 0 aliphatic heterocycles. The third kappa shape index (κ3) is 4.75. The van der Waals surface area contributed by atoms with E-state index in [1.54, 1.807) is 31.4 Å². The van der Waals surface area contributed by atoms with Crippen molar-refractivity contribution >= 4 is 34.9 Å². The first-order valence-electron chi connectivity index (χ1n) is 6.41. The van der Waals surface area contributed by atoms with Gasteiger partial charge in [0.25, 0.3) is 0 Å². The average Bonchev–Trinajstić information content (AvgIpc) is 2.54. The number of ether oxygens (including phenoxy) is 1. The summed E-state index contributed by atoms with van der Waals surface area (Å²) in [6.45, 7) is 0.360.